The fourth-order valence-corrected chi connectivity index (χ4v) is 1.70. The van der Waals surface area contributed by atoms with E-state index in [1.54, 1.807) is 10.7 Å². The van der Waals surface area contributed by atoms with Gasteiger partial charge in [-0.1, -0.05) is 6.07 Å². The summed E-state index contributed by atoms with van der Waals surface area (Å²) >= 11 is 0. The molecule has 18 heavy (non-hydrogen) atoms. The molecular weight excluding hydrogens is 233 g/mol. The molecule has 0 aliphatic carbocycles. The molecule has 0 aliphatic rings. The maximum Gasteiger partial charge on any atom is 0.132 e. The van der Waals surface area contributed by atoms with Crippen molar-refractivity contribution in [2.45, 2.75) is 19.6 Å². The monoisotopic (exact) mass is 249 g/mol. The fraction of sp³-hybridized carbons (Fsp3) is 0.308. The third-order valence-electron chi connectivity index (χ3n) is 2.61. The Bertz CT molecular complexity index is 537. The number of aromatic nitrogens is 2. The number of rotatable bonds is 4. The van der Waals surface area contributed by atoms with Gasteiger partial charge in [0, 0.05) is 30.9 Å². The molecule has 2 aromatic rings. The summed E-state index contributed by atoms with van der Waals surface area (Å²) in [5.74, 6) is 0.131. The summed E-state index contributed by atoms with van der Waals surface area (Å²) in [6, 6.07) is 6.02. The number of nitrogens with two attached hydrogens (primary N) is 1. The molecule has 0 saturated heterocycles. The molecule has 0 saturated carbocycles. The molecule has 2 N–H and O–H groups in total. The second-order valence-electron chi connectivity index (χ2n) is 4.24. The van der Waals surface area contributed by atoms with Crippen LogP contribution in [-0.4, -0.2) is 9.78 Å². The summed E-state index contributed by atoms with van der Waals surface area (Å²) in [6.45, 7) is 2.13. The van der Waals surface area contributed by atoms with Gasteiger partial charge in [0.1, 0.15) is 18.2 Å². The lowest BCUT2D eigenvalue weighted by atomic mass is 10.1. The highest BCUT2D eigenvalue weighted by Crippen LogP contribution is 2.25. The van der Waals surface area contributed by atoms with Crippen LogP contribution >= 0.6 is 0 Å². The minimum atomic E-state index is -0.338. The topological polar surface area (TPSA) is 53.1 Å². The maximum atomic E-state index is 13.2. The quantitative estimate of drug-likeness (QED) is 0.903. The van der Waals surface area contributed by atoms with E-state index in [9.17, 15) is 4.39 Å². The summed E-state index contributed by atoms with van der Waals surface area (Å²) in [4.78, 5) is 0. The molecule has 0 unspecified atom stereocenters. The summed E-state index contributed by atoms with van der Waals surface area (Å²) in [5, 5.41) is 4.19. The van der Waals surface area contributed by atoms with E-state index in [4.69, 9.17) is 10.5 Å². The van der Waals surface area contributed by atoms with Gasteiger partial charge in [0.25, 0.3) is 0 Å². The number of ether oxygens (including phenoxy) is 1. The van der Waals surface area contributed by atoms with Gasteiger partial charge in [-0.05, 0) is 19.1 Å². The number of hydrogen-bond acceptors (Lipinski definition) is 3. The zero-order valence-electron chi connectivity index (χ0n) is 10.4. The van der Waals surface area contributed by atoms with Gasteiger partial charge in [-0.15, -0.1) is 0 Å². The van der Waals surface area contributed by atoms with Gasteiger partial charge >= 0.3 is 0 Å². The first kappa shape index (κ1) is 12.6. The molecule has 1 atom stereocenters. The summed E-state index contributed by atoms with van der Waals surface area (Å²) in [6.07, 6.45) is 1.83. The molecule has 0 spiro atoms. The van der Waals surface area contributed by atoms with Gasteiger partial charge in [-0.2, -0.15) is 5.10 Å². The Hall–Kier alpha value is -1.88. The molecule has 4 nitrogen and oxygen atoms in total. The second kappa shape index (κ2) is 5.18. The van der Waals surface area contributed by atoms with Crippen LogP contribution in [0.15, 0.2) is 30.5 Å². The summed E-state index contributed by atoms with van der Waals surface area (Å²) in [5.41, 5.74) is 7.39. The van der Waals surface area contributed by atoms with E-state index in [0.29, 0.717) is 12.4 Å². The van der Waals surface area contributed by atoms with Crippen LogP contribution in [0.4, 0.5) is 4.39 Å². The molecular formula is C13H16FN3O. The molecule has 1 aromatic carbocycles. The Kier molecular flexibility index (Phi) is 3.62. The largest absolute Gasteiger partial charge is 0.487 e. The number of halogens is 1. The predicted octanol–water partition coefficient (Wildman–Crippen LogP) is 2.16. The van der Waals surface area contributed by atoms with Crippen molar-refractivity contribution in [3.63, 3.8) is 0 Å². The standard InChI is InChI=1S/C13H16FN3O/c1-9(15)12-4-3-10(14)7-13(12)18-8-11-5-6-17(2)16-11/h3-7,9H,8,15H2,1-2H3/t9-/m0/s1. The first-order chi connectivity index (χ1) is 8.56. The Morgan fingerprint density at radius 2 is 2.22 bits per heavy atom. The number of aryl methyl sites for hydroxylation is 1. The molecule has 0 aliphatic heterocycles. The Labute approximate surface area is 105 Å². The number of benzene rings is 1. The van der Waals surface area contributed by atoms with E-state index in [0.717, 1.165) is 11.3 Å². The molecule has 0 amide bonds. The first-order valence-corrected chi connectivity index (χ1v) is 5.72. The van der Waals surface area contributed by atoms with Crippen LogP contribution < -0.4 is 10.5 Å². The highest BCUT2D eigenvalue weighted by atomic mass is 19.1. The molecule has 2 rings (SSSR count). The van der Waals surface area contributed by atoms with Crippen LogP contribution in [0, 0.1) is 5.82 Å². The molecule has 1 aromatic heterocycles. The fourth-order valence-electron chi connectivity index (χ4n) is 1.70. The van der Waals surface area contributed by atoms with Crippen molar-refractivity contribution in [1.29, 1.82) is 0 Å². The minimum Gasteiger partial charge on any atom is -0.487 e. The predicted molar refractivity (Wildman–Crippen MR) is 66.5 cm³/mol. The van der Waals surface area contributed by atoms with Crippen molar-refractivity contribution < 1.29 is 9.13 Å². The molecule has 5 heteroatoms. The third-order valence-corrected chi connectivity index (χ3v) is 2.61. The highest BCUT2D eigenvalue weighted by molar-refractivity contribution is 5.36. The normalized spacial score (nSPS) is 12.4. The van der Waals surface area contributed by atoms with Crippen LogP contribution in [-0.2, 0) is 13.7 Å². The molecule has 0 bridgehead atoms. The van der Waals surface area contributed by atoms with Crippen molar-refractivity contribution in [3.8, 4) is 5.75 Å². The van der Waals surface area contributed by atoms with E-state index in [-0.39, 0.29) is 11.9 Å². The van der Waals surface area contributed by atoms with Crippen LogP contribution in [0.5, 0.6) is 5.75 Å². The van der Waals surface area contributed by atoms with Gasteiger partial charge in [-0.3, -0.25) is 4.68 Å². The maximum absolute atomic E-state index is 13.2. The van der Waals surface area contributed by atoms with Crippen LogP contribution in [0.25, 0.3) is 0 Å². The van der Waals surface area contributed by atoms with Gasteiger partial charge < -0.3 is 10.5 Å². The zero-order chi connectivity index (χ0) is 13.1. The Morgan fingerprint density at radius 3 is 2.83 bits per heavy atom. The SMILES string of the molecule is C[C@H](N)c1ccc(F)cc1OCc1ccn(C)n1. The van der Waals surface area contributed by atoms with Crippen molar-refractivity contribution >= 4 is 0 Å². The summed E-state index contributed by atoms with van der Waals surface area (Å²) < 4.78 is 20.5. The molecule has 1 heterocycles. The van der Waals surface area contributed by atoms with E-state index in [1.807, 2.05) is 26.2 Å². The van der Waals surface area contributed by atoms with Crippen molar-refractivity contribution in [2.24, 2.45) is 12.8 Å². The molecule has 0 radical (unpaired) electrons. The lowest BCUT2D eigenvalue weighted by Crippen LogP contribution is -2.08. The Morgan fingerprint density at radius 1 is 1.44 bits per heavy atom. The number of nitrogens with zero attached hydrogens (tertiary/aromatic N) is 2. The molecule has 96 valence electrons. The van der Waals surface area contributed by atoms with Gasteiger partial charge in [-0.25, -0.2) is 4.39 Å². The average Bonchev–Trinajstić information content (AvgIpc) is 2.72. The Balaban J connectivity index is 2.15. The highest BCUT2D eigenvalue weighted by Gasteiger charge is 2.10. The first-order valence-electron chi connectivity index (χ1n) is 5.72. The average molecular weight is 249 g/mol. The van der Waals surface area contributed by atoms with Gasteiger partial charge in [0.15, 0.2) is 0 Å². The van der Waals surface area contributed by atoms with Crippen LogP contribution in [0.1, 0.15) is 24.2 Å². The van der Waals surface area contributed by atoms with E-state index in [2.05, 4.69) is 5.10 Å². The third kappa shape index (κ3) is 2.87. The van der Waals surface area contributed by atoms with E-state index in [1.165, 1.54) is 12.1 Å². The summed E-state index contributed by atoms with van der Waals surface area (Å²) in [7, 11) is 1.83. The van der Waals surface area contributed by atoms with Crippen molar-refractivity contribution in [1.82, 2.24) is 9.78 Å². The van der Waals surface area contributed by atoms with E-state index < -0.39 is 0 Å². The minimum absolute atomic E-state index is 0.204. The van der Waals surface area contributed by atoms with E-state index >= 15 is 0 Å². The van der Waals surface area contributed by atoms with Gasteiger partial charge in [0.05, 0.1) is 5.69 Å². The second-order valence-corrected chi connectivity index (χ2v) is 4.24. The van der Waals surface area contributed by atoms with Crippen molar-refractivity contribution in [2.75, 3.05) is 0 Å². The lowest BCUT2D eigenvalue weighted by molar-refractivity contribution is 0.294. The number of hydrogen-bond donors (Lipinski definition) is 1. The van der Waals surface area contributed by atoms with Gasteiger partial charge in [0.2, 0.25) is 0 Å². The lowest BCUT2D eigenvalue weighted by Gasteiger charge is -2.13. The van der Waals surface area contributed by atoms with Crippen molar-refractivity contribution in [3.05, 3.63) is 47.5 Å². The smallest absolute Gasteiger partial charge is 0.132 e. The zero-order valence-corrected chi connectivity index (χ0v) is 10.4. The molecule has 0 fully saturated rings. The van der Waals surface area contributed by atoms with Crippen LogP contribution in [0.3, 0.4) is 0 Å². The van der Waals surface area contributed by atoms with Crippen LogP contribution in [0.2, 0.25) is 0 Å².